The van der Waals surface area contributed by atoms with Crippen LogP contribution in [-0.2, 0) is 0 Å². The second-order valence-corrected chi connectivity index (χ2v) is 11.5. The van der Waals surface area contributed by atoms with Gasteiger partial charge in [0.05, 0.1) is 12.6 Å². The van der Waals surface area contributed by atoms with E-state index in [4.69, 9.17) is 0 Å². The highest BCUT2D eigenvalue weighted by Gasteiger charge is 2.58. The van der Waals surface area contributed by atoms with Crippen LogP contribution in [0.2, 0.25) is 0 Å². The Morgan fingerprint density at radius 3 is 2.42 bits per heavy atom. The average molecular weight is 493 g/mol. The first kappa shape index (κ1) is 23.4. The second-order valence-electron chi connectivity index (χ2n) is 11.5. The number of pyridine rings is 1. The molecule has 5 fully saturated rings. The lowest BCUT2D eigenvalue weighted by Crippen LogP contribution is -2.69. The molecule has 1 saturated heterocycles. The molecule has 0 spiro atoms. The molecule has 5 aliphatic rings. The van der Waals surface area contributed by atoms with Crippen LogP contribution >= 0.6 is 0 Å². The number of anilines is 1. The first-order chi connectivity index (χ1) is 17.4. The summed E-state index contributed by atoms with van der Waals surface area (Å²) >= 11 is 0. The Morgan fingerprint density at radius 2 is 1.72 bits per heavy atom. The number of carbonyl (C=O) groups is 2. The van der Waals surface area contributed by atoms with E-state index in [0.29, 0.717) is 29.5 Å². The third kappa shape index (κ3) is 4.25. The Labute approximate surface area is 210 Å². The minimum atomic E-state index is -0.425. The Morgan fingerprint density at radius 1 is 1.03 bits per heavy atom. The van der Waals surface area contributed by atoms with Gasteiger partial charge in [-0.05, 0) is 93.5 Å². The Hall–Kier alpha value is -3.00. The quantitative estimate of drug-likeness (QED) is 0.574. The maximum absolute atomic E-state index is 13.7. The normalized spacial score (nSPS) is 32.5. The van der Waals surface area contributed by atoms with Crippen LogP contribution in [0.1, 0.15) is 72.2 Å². The molecule has 3 N–H and O–H groups in total. The van der Waals surface area contributed by atoms with Gasteiger partial charge in [-0.25, -0.2) is 9.37 Å². The number of hydrogen-bond acceptors (Lipinski definition) is 5. The lowest BCUT2D eigenvalue weighted by molar-refractivity contribution is -0.0448. The van der Waals surface area contributed by atoms with E-state index < -0.39 is 5.82 Å². The Balaban J connectivity index is 1.21. The minimum Gasteiger partial charge on any atom is -0.394 e. The van der Waals surface area contributed by atoms with E-state index in [9.17, 15) is 19.1 Å². The van der Waals surface area contributed by atoms with Crippen molar-refractivity contribution >= 4 is 17.6 Å². The summed E-state index contributed by atoms with van der Waals surface area (Å²) < 4.78 is 13.7. The summed E-state index contributed by atoms with van der Waals surface area (Å²) in [5.41, 5.74) is -0.0624. The molecule has 7 rings (SSSR count). The smallest absolute Gasteiger partial charge is 0.270 e. The number of hydrogen-bond donors (Lipinski definition) is 3. The zero-order valence-electron chi connectivity index (χ0n) is 20.4. The molecule has 2 heterocycles. The second kappa shape index (κ2) is 8.83. The van der Waals surface area contributed by atoms with Crippen molar-refractivity contribution in [3.05, 3.63) is 59.5 Å². The number of aliphatic hydroxyl groups is 1. The van der Waals surface area contributed by atoms with Crippen molar-refractivity contribution in [1.29, 1.82) is 0 Å². The topological polar surface area (TPSA) is 94.6 Å². The molecule has 1 aromatic carbocycles. The van der Waals surface area contributed by atoms with Gasteiger partial charge >= 0.3 is 0 Å². The van der Waals surface area contributed by atoms with Gasteiger partial charge in [0, 0.05) is 23.2 Å². The summed E-state index contributed by atoms with van der Waals surface area (Å²) in [6, 6.07) is 11.3. The highest BCUT2D eigenvalue weighted by Crippen LogP contribution is 2.57. The van der Waals surface area contributed by atoms with Gasteiger partial charge in [0.15, 0.2) is 0 Å². The molecule has 4 aliphatic carbocycles. The molecule has 36 heavy (non-hydrogen) atoms. The van der Waals surface area contributed by atoms with Crippen molar-refractivity contribution in [2.24, 2.45) is 11.8 Å². The van der Waals surface area contributed by atoms with Crippen LogP contribution < -0.4 is 15.5 Å². The van der Waals surface area contributed by atoms with Crippen molar-refractivity contribution in [1.82, 2.24) is 15.6 Å². The molecule has 2 amide bonds. The molecule has 1 aromatic heterocycles. The number of aromatic nitrogens is 1. The van der Waals surface area contributed by atoms with Gasteiger partial charge in [-0.1, -0.05) is 12.1 Å². The van der Waals surface area contributed by atoms with Crippen molar-refractivity contribution in [2.75, 3.05) is 18.1 Å². The number of benzene rings is 1. The number of nitrogens with one attached hydrogen (secondary N) is 2. The summed E-state index contributed by atoms with van der Waals surface area (Å²) in [6.07, 6.45) is 7.33. The molecule has 2 aromatic rings. The predicted molar refractivity (Wildman–Crippen MR) is 133 cm³/mol. The number of carbonyl (C=O) groups excluding carboxylic acids is 2. The lowest BCUT2D eigenvalue weighted by Gasteiger charge is -2.62. The number of rotatable bonds is 6. The standard InChI is InChI=1S/C28H33FN4O3/c29-21-5-1-4-20(11-21)25(35)31-27-12-18-10-19(13-27)15-28(14-18,17-27)32-26(36)23-7-2-8-24(30-23)33-9-3-6-22(33)16-34/h1-2,4-5,7-8,11,18-19,22,34H,3,6,9-10,12-17H2,(H,31,35)(H,32,36)/t18?,19?,22-,27?,28?/m1/s1. The number of halogens is 1. The van der Waals surface area contributed by atoms with Crippen LogP contribution in [0.25, 0.3) is 0 Å². The van der Waals surface area contributed by atoms with E-state index in [1.165, 1.54) is 12.1 Å². The molecule has 4 bridgehead atoms. The van der Waals surface area contributed by atoms with Crippen LogP contribution in [0.5, 0.6) is 0 Å². The van der Waals surface area contributed by atoms with Crippen LogP contribution in [-0.4, -0.2) is 52.2 Å². The first-order valence-electron chi connectivity index (χ1n) is 13.1. The maximum Gasteiger partial charge on any atom is 0.270 e. The summed E-state index contributed by atoms with van der Waals surface area (Å²) in [5, 5.41) is 16.3. The van der Waals surface area contributed by atoms with E-state index in [0.717, 1.165) is 57.3 Å². The zero-order chi connectivity index (χ0) is 24.9. The monoisotopic (exact) mass is 492 g/mol. The van der Waals surface area contributed by atoms with Crippen molar-refractivity contribution in [3.8, 4) is 0 Å². The van der Waals surface area contributed by atoms with E-state index in [-0.39, 0.29) is 35.5 Å². The molecule has 1 aliphatic heterocycles. The first-order valence-corrected chi connectivity index (χ1v) is 13.1. The molecule has 3 atom stereocenters. The molecular weight excluding hydrogens is 459 g/mol. The van der Waals surface area contributed by atoms with Gasteiger partial charge in [0.1, 0.15) is 17.3 Å². The number of aliphatic hydroxyl groups excluding tert-OH is 1. The third-order valence-corrected chi connectivity index (χ3v) is 8.75. The number of amides is 2. The molecule has 2 unspecified atom stereocenters. The molecule has 190 valence electrons. The van der Waals surface area contributed by atoms with Crippen molar-refractivity contribution in [2.45, 2.75) is 68.5 Å². The molecular formula is C28H33FN4O3. The van der Waals surface area contributed by atoms with Crippen molar-refractivity contribution < 1.29 is 19.1 Å². The van der Waals surface area contributed by atoms with Gasteiger partial charge in [-0.3, -0.25) is 9.59 Å². The summed E-state index contributed by atoms with van der Waals surface area (Å²) in [5.74, 6) is 0.734. The van der Waals surface area contributed by atoms with E-state index in [1.54, 1.807) is 18.2 Å². The molecule has 0 radical (unpaired) electrons. The fraction of sp³-hybridized carbons (Fsp3) is 0.536. The molecule has 4 saturated carbocycles. The summed E-state index contributed by atoms with van der Waals surface area (Å²) in [4.78, 5) is 33.3. The summed E-state index contributed by atoms with van der Waals surface area (Å²) in [6.45, 7) is 0.900. The minimum absolute atomic E-state index is 0.0422. The van der Waals surface area contributed by atoms with E-state index in [2.05, 4.69) is 20.5 Å². The van der Waals surface area contributed by atoms with Crippen LogP contribution in [0, 0.1) is 17.7 Å². The van der Waals surface area contributed by atoms with Gasteiger partial charge in [-0.15, -0.1) is 0 Å². The van der Waals surface area contributed by atoms with Crippen LogP contribution in [0.15, 0.2) is 42.5 Å². The SMILES string of the molecule is O=C(NC12CC3CC(C1)CC(NC(=O)c1cccc(N4CCC[C@@H]4CO)n1)(C3)C2)c1cccc(F)c1. The van der Waals surface area contributed by atoms with Gasteiger partial charge in [0.2, 0.25) is 0 Å². The Kier molecular flexibility index (Phi) is 5.74. The number of nitrogens with zero attached hydrogens (tertiary/aromatic N) is 2. The fourth-order valence-corrected chi connectivity index (χ4v) is 7.84. The van der Waals surface area contributed by atoms with Crippen LogP contribution in [0.4, 0.5) is 10.2 Å². The Bertz CT molecular complexity index is 1170. The maximum atomic E-state index is 13.7. The average Bonchev–Trinajstić information content (AvgIpc) is 3.32. The highest BCUT2D eigenvalue weighted by atomic mass is 19.1. The zero-order valence-corrected chi connectivity index (χ0v) is 20.4. The van der Waals surface area contributed by atoms with Crippen molar-refractivity contribution in [3.63, 3.8) is 0 Å². The molecule has 7 nitrogen and oxygen atoms in total. The lowest BCUT2D eigenvalue weighted by atomic mass is 9.49. The van der Waals surface area contributed by atoms with Gasteiger partial charge < -0.3 is 20.6 Å². The largest absolute Gasteiger partial charge is 0.394 e. The van der Waals surface area contributed by atoms with E-state index in [1.807, 2.05) is 12.1 Å². The van der Waals surface area contributed by atoms with Gasteiger partial charge in [-0.2, -0.15) is 0 Å². The third-order valence-electron chi connectivity index (χ3n) is 8.75. The fourth-order valence-electron chi connectivity index (χ4n) is 7.84. The van der Waals surface area contributed by atoms with Gasteiger partial charge in [0.25, 0.3) is 11.8 Å². The van der Waals surface area contributed by atoms with E-state index >= 15 is 0 Å². The molecule has 8 heteroatoms. The summed E-state index contributed by atoms with van der Waals surface area (Å²) in [7, 11) is 0. The highest BCUT2D eigenvalue weighted by molar-refractivity contribution is 5.95. The predicted octanol–water partition coefficient (Wildman–Crippen LogP) is 3.43. The van der Waals surface area contributed by atoms with Crippen LogP contribution in [0.3, 0.4) is 0 Å².